The lowest BCUT2D eigenvalue weighted by atomic mass is 10.0. The molecule has 0 saturated carbocycles. The third-order valence-corrected chi connectivity index (χ3v) is 5.68. The van der Waals surface area contributed by atoms with Crippen molar-refractivity contribution < 1.29 is 9.53 Å². The van der Waals surface area contributed by atoms with Crippen LogP contribution in [0.1, 0.15) is 42.9 Å². The first-order valence-electron chi connectivity index (χ1n) is 10.3. The Hall–Kier alpha value is -1.99. The standard InChI is InChI=1S/C21H33N5O2/c1-14(2)19(25-8-10-28-11-9-25)13-22-21(27)7-6-18-16(4)23-20-12-15(3)24-26(20)17(18)5/h12,14,19H,6-11,13H2,1-5H3,(H,22,27)/t19-/m0/s1. The zero-order valence-electron chi connectivity index (χ0n) is 17.8. The van der Waals surface area contributed by atoms with Crippen molar-refractivity contribution in [1.82, 2.24) is 24.8 Å². The molecule has 2 aromatic rings. The van der Waals surface area contributed by atoms with Crippen LogP contribution in [0.2, 0.25) is 0 Å². The number of carbonyl (C=O) groups excluding carboxylic acids is 1. The van der Waals surface area contributed by atoms with E-state index in [-0.39, 0.29) is 5.91 Å². The van der Waals surface area contributed by atoms with E-state index in [1.54, 1.807) is 0 Å². The molecule has 7 nitrogen and oxygen atoms in total. The fraction of sp³-hybridized carbons (Fsp3) is 0.667. The third-order valence-electron chi connectivity index (χ3n) is 5.68. The highest BCUT2D eigenvalue weighted by molar-refractivity contribution is 5.76. The number of amides is 1. The van der Waals surface area contributed by atoms with Gasteiger partial charge in [-0.05, 0) is 38.7 Å². The quantitative estimate of drug-likeness (QED) is 0.787. The van der Waals surface area contributed by atoms with Gasteiger partial charge in [-0.25, -0.2) is 9.50 Å². The van der Waals surface area contributed by atoms with E-state index in [0.717, 1.165) is 54.6 Å². The van der Waals surface area contributed by atoms with Crippen LogP contribution in [0.3, 0.4) is 0 Å². The lowest BCUT2D eigenvalue weighted by Gasteiger charge is -2.36. The Labute approximate surface area is 167 Å². The van der Waals surface area contributed by atoms with Crippen molar-refractivity contribution in [2.24, 2.45) is 5.92 Å². The van der Waals surface area contributed by atoms with Crippen LogP contribution in [0.5, 0.6) is 0 Å². The van der Waals surface area contributed by atoms with E-state index in [1.165, 1.54) is 0 Å². The molecule has 7 heteroatoms. The summed E-state index contributed by atoms with van der Waals surface area (Å²) < 4.78 is 7.33. The van der Waals surface area contributed by atoms with Gasteiger partial charge in [-0.3, -0.25) is 9.69 Å². The van der Waals surface area contributed by atoms with Crippen LogP contribution >= 0.6 is 0 Å². The van der Waals surface area contributed by atoms with Crippen molar-refractivity contribution >= 4 is 11.6 Å². The predicted molar refractivity (Wildman–Crippen MR) is 110 cm³/mol. The fourth-order valence-corrected chi connectivity index (χ4v) is 4.04. The number of nitrogens with one attached hydrogen (secondary N) is 1. The molecule has 2 aromatic heterocycles. The lowest BCUT2D eigenvalue weighted by molar-refractivity contribution is -0.121. The first-order valence-corrected chi connectivity index (χ1v) is 10.3. The molecule has 1 atom stereocenters. The largest absolute Gasteiger partial charge is 0.379 e. The summed E-state index contributed by atoms with van der Waals surface area (Å²) in [4.78, 5) is 19.6. The van der Waals surface area contributed by atoms with E-state index >= 15 is 0 Å². The van der Waals surface area contributed by atoms with Gasteiger partial charge in [-0.1, -0.05) is 13.8 Å². The molecular formula is C21H33N5O2. The highest BCUT2D eigenvalue weighted by atomic mass is 16.5. The number of fused-ring (bicyclic) bond motifs is 1. The van der Waals surface area contributed by atoms with Crippen molar-refractivity contribution in [3.8, 4) is 0 Å². The Balaban J connectivity index is 1.58. The summed E-state index contributed by atoms with van der Waals surface area (Å²) in [6, 6.07) is 2.33. The molecule has 154 valence electrons. The topological polar surface area (TPSA) is 71.8 Å². The first-order chi connectivity index (χ1) is 13.4. The second kappa shape index (κ2) is 9.01. The van der Waals surface area contributed by atoms with E-state index in [9.17, 15) is 4.79 Å². The molecule has 0 spiro atoms. The van der Waals surface area contributed by atoms with Gasteiger partial charge in [0.2, 0.25) is 5.91 Å². The van der Waals surface area contributed by atoms with Gasteiger partial charge in [0.15, 0.2) is 5.65 Å². The zero-order chi connectivity index (χ0) is 20.3. The summed E-state index contributed by atoms with van der Waals surface area (Å²) in [5, 5.41) is 7.66. The highest BCUT2D eigenvalue weighted by Crippen LogP contribution is 2.17. The number of aromatic nitrogens is 3. The van der Waals surface area contributed by atoms with Crippen LogP contribution in [0.25, 0.3) is 5.65 Å². The van der Waals surface area contributed by atoms with Gasteiger partial charge in [-0.2, -0.15) is 5.10 Å². The van der Waals surface area contributed by atoms with E-state index in [2.05, 4.69) is 41.1 Å². The molecule has 3 rings (SSSR count). The third kappa shape index (κ3) is 4.70. The smallest absolute Gasteiger partial charge is 0.220 e. The minimum Gasteiger partial charge on any atom is -0.379 e. The lowest BCUT2D eigenvalue weighted by Crippen LogP contribution is -2.51. The van der Waals surface area contributed by atoms with Crippen LogP contribution in [0.15, 0.2) is 6.07 Å². The average molecular weight is 388 g/mol. The van der Waals surface area contributed by atoms with E-state index in [1.807, 2.05) is 24.4 Å². The summed E-state index contributed by atoms with van der Waals surface area (Å²) in [5.41, 5.74) is 4.97. The van der Waals surface area contributed by atoms with Gasteiger partial charge in [-0.15, -0.1) is 0 Å². The van der Waals surface area contributed by atoms with Crippen molar-refractivity contribution in [2.45, 2.75) is 53.5 Å². The number of rotatable bonds is 7. The summed E-state index contributed by atoms with van der Waals surface area (Å²) in [5.74, 6) is 0.576. The monoisotopic (exact) mass is 387 g/mol. The number of hydrogen-bond acceptors (Lipinski definition) is 5. The second-order valence-electron chi connectivity index (χ2n) is 8.08. The molecule has 0 radical (unpaired) electrons. The van der Waals surface area contributed by atoms with Gasteiger partial charge in [0.25, 0.3) is 0 Å². The van der Waals surface area contributed by atoms with E-state index in [0.29, 0.717) is 31.3 Å². The maximum atomic E-state index is 12.5. The molecule has 1 N–H and O–H groups in total. The van der Waals surface area contributed by atoms with Crippen LogP contribution < -0.4 is 5.32 Å². The Morgan fingerprint density at radius 2 is 1.96 bits per heavy atom. The van der Waals surface area contributed by atoms with Gasteiger partial charge >= 0.3 is 0 Å². The molecule has 0 aromatic carbocycles. The first kappa shape index (κ1) is 20.7. The van der Waals surface area contributed by atoms with Gasteiger partial charge in [0.1, 0.15) is 0 Å². The molecule has 3 heterocycles. The number of aryl methyl sites for hydroxylation is 3. The molecule has 0 unspecified atom stereocenters. The molecule has 1 aliphatic heterocycles. The zero-order valence-corrected chi connectivity index (χ0v) is 17.8. The van der Waals surface area contributed by atoms with Gasteiger partial charge in [0.05, 0.1) is 18.9 Å². The predicted octanol–water partition coefficient (Wildman–Crippen LogP) is 2.06. The molecule has 1 fully saturated rings. The SMILES string of the molecule is Cc1cc2nc(C)c(CCC(=O)NC[C@@H](C(C)C)N3CCOCC3)c(C)n2n1. The Bertz CT molecular complexity index is 824. The number of hydrogen-bond donors (Lipinski definition) is 1. The number of nitrogens with zero attached hydrogens (tertiary/aromatic N) is 4. The van der Waals surface area contributed by atoms with E-state index < -0.39 is 0 Å². The van der Waals surface area contributed by atoms with E-state index in [4.69, 9.17) is 4.74 Å². The summed E-state index contributed by atoms with van der Waals surface area (Å²) >= 11 is 0. The average Bonchev–Trinajstić information content (AvgIpc) is 3.02. The van der Waals surface area contributed by atoms with Crippen molar-refractivity contribution in [2.75, 3.05) is 32.8 Å². The second-order valence-corrected chi connectivity index (χ2v) is 8.08. The Morgan fingerprint density at radius 3 is 2.64 bits per heavy atom. The maximum absolute atomic E-state index is 12.5. The number of carbonyl (C=O) groups is 1. The molecule has 1 amide bonds. The van der Waals surface area contributed by atoms with Crippen LogP contribution in [0.4, 0.5) is 0 Å². The molecule has 1 saturated heterocycles. The van der Waals surface area contributed by atoms with Crippen molar-refractivity contribution in [3.05, 3.63) is 28.7 Å². The molecule has 1 aliphatic rings. The Kier molecular flexibility index (Phi) is 6.67. The summed E-state index contributed by atoms with van der Waals surface area (Å²) in [6.07, 6.45) is 1.14. The Morgan fingerprint density at radius 1 is 1.25 bits per heavy atom. The van der Waals surface area contributed by atoms with Crippen molar-refractivity contribution in [3.63, 3.8) is 0 Å². The molecule has 0 aliphatic carbocycles. The molecule has 28 heavy (non-hydrogen) atoms. The van der Waals surface area contributed by atoms with Crippen LogP contribution in [-0.2, 0) is 16.0 Å². The number of ether oxygens (including phenoxy) is 1. The van der Waals surface area contributed by atoms with Crippen LogP contribution in [-0.4, -0.2) is 64.3 Å². The van der Waals surface area contributed by atoms with Crippen molar-refractivity contribution in [1.29, 1.82) is 0 Å². The van der Waals surface area contributed by atoms with Crippen LogP contribution in [0, 0.1) is 26.7 Å². The summed E-state index contributed by atoms with van der Waals surface area (Å²) in [7, 11) is 0. The minimum atomic E-state index is 0.0921. The minimum absolute atomic E-state index is 0.0921. The van der Waals surface area contributed by atoms with Gasteiger partial charge < -0.3 is 10.1 Å². The fourth-order valence-electron chi connectivity index (χ4n) is 4.04. The van der Waals surface area contributed by atoms with Gasteiger partial charge in [0, 0.05) is 49.6 Å². The highest BCUT2D eigenvalue weighted by Gasteiger charge is 2.24. The molecule has 0 bridgehead atoms. The maximum Gasteiger partial charge on any atom is 0.220 e. The molecular weight excluding hydrogens is 354 g/mol. The number of morpholine rings is 1. The summed E-state index contributed by atoms with van der Waals surface area (Å²) in [6.45, 7) is 14.6. The normalized spacial score (nSPS) is 16.6.